The Bertz CT molecular complexity index is 1820. The van der Waals surface area contributed by atoms with Crippen molar-refractivity contribution in [3.8, 4) is 40.0 Å². The lowest BCUT2D eigenvalue weighted by Crippen LogP contribution is -2.23. The third-order valence-electron chi connectivity index (χ3n) is 6.47. The summed E-state index contributed by atoms with van der Waals surface area (Å²) in [6.45, 7) is 0.250. The van der Waals surface area contributed by atoms with Gasteiger partial charge in [-0.05, 0) is 66.2 Å². The Morgan fingerprint density at radius 3 is 2.38 bits per heavy atom. The molecule has 0 fully saturated rings. The predicted molar refractivity (Wildman–Crippen MR) is 158 cm³/mol. The third kappa shape index (κ3) is 6.08. The van der Waals surface area contributed by atoms with Gasteiger partial charge in [-0.2, -0.15) is 5.26 Å². The van der Waals surface area contributed by atoms with Crippen LogP contribution in [0.1, 0.15) is 32.0 Å². The van der Waals surface area contributed by atoms with E-state index in [1.54, 1.807) is 85.1 Å². The van der Waals surface area contributed by atoms with Crippen molar-refractivity contribution in [3.63, 3.8) is 0 Å². The number of para-hydroxylation sites is 1. The van der Waals surface area contributed by atoms with Crippen molar-refractivity contribution in [2.24, 2.45) is 0 Å². The maximum absolute atomic E-state index is 13.2. The molecule has 9 heteroatoms. The number of phenolic OH excluding ortho intramolecular Hbond substituents is 1. The number of hydrogen-bond acceptors (Lipinski definition) is 7. The van der Waals surface area contributed by atoms with E-state index in [1.807, 2.05) is 12.1 Å². The van der Waals surface area contributed by atoms with Crippen LogP contribution in [0.25, 0.3) is 22.4 Å². The lowest BCUT2D eigenvalue weighted by molar-refractivity contribution is 0.0949. The predicted octanol–water partition coefficient (Wildman–Crippen LogP) is 5.58. The monoisotopic (exact) mass is 555 g/mol. The first-order valence-electron chi connectivity index (χ1n) is 12.9. The molecule has 3 N–H and O–H groups in total. The molecule has 0 aliphatic carbocycles. The van der Waals surface area contributed by atoms with Crippen LogP contribution in [0.2, 0.25) is 0 Å². The van der Waals surface area contributed by atoms with Crippen molar-refractivity contribution in [2.75, 3.05) is 12.4 Å². The number of carbonyl (C=O) groups excluding carboxylic acids is 2. The Balaban J connectivity index is 1.56. The fourth-order valence-electron chi connectivity index (χ4n) is 4.35. The van der Waals surface area contributed by atoms with E-state index in [9.17, 15) is 20.0 Å². The minimum atomic E-state index is -0.499. The lowest BCUT2D eigenvalue weighted by Gasteiger charge is -2.15. The number of anilines is 1. The van der Waals surface area contributed by atoms with E-state index < -0.39 is 5.91 Å². The van der Waals surface area contributed by atoms with Crippen LogP contribution in [0.3, 0.4) is 0 Å². The summed E-state index contributed by atoms with van der Waals surface area (Å²) >= 11 is 0. The van der Waals surface area contributed by atoms with Crippen molar-refractivity contribution in [1.29, 1.82) is 5.26 Å². The van der Waals surface area contributed by atoms with E-state index >= 15 is 0 Å². The molecule has 0 radical (unpaired) electrons. The average Bonchev–Trinajstić information content (AvgIpc) is 3.04. The summed E-state index contributed by atoms with van der Waals surface area (Å²) in [5.41, 5.74) is 3.19. The Morgan fingerprint density at radius 2 is 1.64 bits per heavy atom. The molecule has 42 heavy (non-hydrogen) atoms. The summed E-state index contributed by atoms with van der Waals surface area (Å²) in [6.07, 6.45) is 1.65. The van der Waals surface area contributed by atoms with Crippen LogP contribution in [0.15, 0.2) is 103 Å². The Hall–Kier alpha value is -6.01. The molecule has 0 spiro atoms. The van der Waals surface area contributed by atoms with E-state index in [1.165, 1.54) is 13.2 Å². The summed E-state index contributed by atoms with van der Waals surface area (Å²) in [7, 11) is 1.50. The fourth-order valence-corrected chi connectivity index (χ4v) is 4.35. The molecule has 2 amide bonds. The number of nitrogens with one attached hydrogen (secondary N) is 2. The molecule has 0 saturated heterocycles. The van der Waals surface area contributed by atoms with Gasteiger partial charge in [-0.15, -0.1) is 0 Å². The molecule has 0 bridgehead atoms. The van der Waals surface area contributed by atoms with Crippen LogP contribution >= 0.6 is 0 Å². The van der Waals surface area contributed by atoms with Gasteiger partial charge in [0.05, 0.1) is 25.0 Å². The van der Waals surface area contributed by atoms with Gasteiger partial charge < -0.3 is 20.5 Å². The molecule has 5 rings (SSSR count). The number of aromatic nitrogens is 2. The number of phenols is 1. The first-order valence-corrected chi connectivity index (χ1v) is 12.9. The number of pyridine rings is 2. The maximum atomic E-state index is 13.2. The fraction of sp³-hybridized carbons (Fsp3) is 0.0606. The highest BCUT2D eigenvalue weighted by atomic mass is 16.5. The van der Waals surface area contributed by atoms with Gasteiger partial charge in [0.2, 0.25) is 0 Å². The van der Waals surface area contributed by atoms with Gasteiger partial charge in [0.15, 0.2) is 5.82 Å². The number of ether oxygens (including phenoxy) is 1. The lowest BCUT2D eigenvalue weighted by atomic mass is 9.96. The molecular formula is C33H25N5O4. The quantitative estimate of drug-likeness (QED) is 0.227. The highest BCUT2D eigenvalue weighted by Gasteiger charge is 2.20. The molecule has 2 aromatic heterocycles. The highest BCUT2D eigenvalue weighted by molar-refractivity contribution is 6.05. The van der Waals surface area contributed by atoms with E-state index in [2.05, 4.69) is 26.7 Å². The van der Waals surface area contributed by atoms with E-state index in [0.717, 1.165) is 0 Å². The Kier molecular flexibility index (Phi) is 8.17. The summed E-state index contributed by atoms with van der Waals surface area (Å²) in [4.78, 5) is 35.0. The number of nitrogens with zero attached hydrogens (tertiary/aromatic N) is 3. The van der Waals surface area contributed by atoms with Gasteiger partial charge >= 0.3 is 0 Å². The zero-order valence-corrected chi connectivity index (χ0v) is 22.5. The number of hydrogen-bond donors (Lipinski definition) is 3. The summed E-state index contributed by atoms with van der Waals surface area (Å²) in [5, 5.41) is 26.4. The number of methoxy groups -OCH3 is 1. The second kappa shape index (κ2) is 12.4. The van der Waals surface area contributed by atoms with Crippen molar-refractivity contribution >= 4 is 17.6 Å². The van der Waals surface area contributed by atoms with Crippen LogP contribution in [-0.2, 0) is 6.54 Å². The van der Waals surface area contributed by atoms with Gasteiger partial charge in [0.1, 0.15) is 23.1 Å². The van der Waals surface area contributed by atoms with Crippen molar-refractivity contribution in [3.05, 3.63) is 126 Å². The molecule has 9 nitrogen and oxygen atoms in total. The maximum Gasteiger partial charge on any atom is 0.256 e. The number of benzene rings is 3. The minimum absolute atomic E-state index is 0.00563. The van der Waals surface area contributed by atoms with Gasteiger partial charge in [-0.3, -0.25) is 14.6 Å². The molecule has 206 valence electrons. The second-order valence-corrected chi connectivity index (χ2v) is 9.18. The van der Waals surface area contributed by atoms with Gasteiger partial charge in [0, 0.05) is 28.5 Å². The summed E-state index contributed by atoms with van der Waals surface area (Å²) in [6, 6.07) is 29.3. The molecule has 0 aliphatic heterocycles. The second-order valence-electron chi connectivity index (χ2n) is 9.18. The molecule has 0 unspecified atom stereocenters. The van der Waals surface area contributed by atoms with Crippen LogP contribution in [0.5, 0.6) is 11.5 Å². The molecule has 0 atom stereocenters. The third-order valence-corrected chi connectivity index (χ3v) is 6.47. The first-order chi connectivity index (χ1) is 20.5. The van der Waals surface area contributed by atoms with E-state index in [0.29, 0.717) is 45.0 Å². The standard InChI is InChI=1S/C33H25N5O4/c1-42-25-12-7-10-23(17-25)33(41)38-31-28(19-34)27(18-29(37-31)26-13-2-3-14-30(26)39)21-8-6-9-22(16-21)32(40)36-20-24-11-4-5-15-35-24/h2-18,39H,20H2,1H3,(H,36,40)(H,37,38,41). The largest absolute Gasteiger partial charge is 0.507 e. The number of carbonyl (C=O) groups is 2. The highest BCUT2D eigenvalue weighted by Crippen LogP contribution is 2.36. The Labute approximate surface area is 242 Å². The molecule has 0 saturated carbocycles. The van der Waals surface area contributed by atoms with Crippen molar-refractivity contribution in [2.45, 2.75) is 6.54 Å². The molecule has 5 aromatic rings. The van der Waals surface area contributed by atoms with Gasteiger partial charge in [0.25, 0.3) is 11.8 Å². The molecule has 0 aliphatic rings. The number of aromatic hydroxyl groups is 1. The smallest absolute Gasteiger partial charge is 0.256 e. The number of rotatable bonds is 8. The van der Waals surface area contributed by atoms with Crippen LogP contribution in [-0.4, -0.2) is 34.0 Å². The van der Waals surface area contributed by atoms with E-state index in [4.69, 9.17) is 4.74 Å². The molecule has 3 aromatic carbocycles. The zero-order valence-electron chi connectivity index (χ0n) is 22.5. The van der Waals surface area contributed by atoms with Crippen LogP contribution < -0.4 is 15.4 Å². The van der Waals surface area contributed by atoms with Crippen molar-refractivity contribution < 1.29 is 19.4 Å². The Morgan fingerprint density at radius 1 is 0.881 bits per heavy atom. The minimum Gasteiger partial charge on any atom is -0.507 e. The van der Waals surface area contributed by atoms with Crippen LogP contribution in [0.4, 0.5) is 5.82 Å². The molecular weight excluding hydrogens is 530 g/mol. The first kappa shape index (κ1) is 27.6. The normalized spacial score (nSPS) is 10.4. The zero-order chi connectivity index (χ0) is 29.5. The van der Waals surface area contributed by atoms with Crippen LogP contribution in [0, 0.1) is 11.3 Å². The molecule has 2 heterocycles. The average molecular weight is 556 g/mol. The van der Waals surface area contributed by atoms with Crippen molar-refractivity contribution in [1.82, 2.24) is 15.3 Å². The summed E-state index contributed by atoms with van der Waals surface area (Å²) in [5.74, 6) is -0.333. The van der Waals surface area contributed by atoms with Gasteiger partial charge in [-0.25, -0.2) is 4.98 Å². The number of nitriles is 1. The SMILES string of the molecule is COc1cccc(C(=O)Nc2nc(-c3ccccc3O)cc(-c3cccc(C(=O)NCc4ccccn4)c3)c2C#N)c1. The van der Waals surface area contributed by atoms with E-state index in [-0.39, 0.29) is 29.6 Å². The topological polar surface area (TPSA) is 137 Å². The summed E-state index contributed by atoms with van der Waals surface area (Å²) < 4.78 is 5.23. The number of amides is 2. The van der Waals surface area contributed by atoms with Gasteiger partial charge in [-0.1, -0.05) is 36.4 Å².